The quantitative estimate of drug-likeness (QED) is 0.729. The van der Waals surface area contributed by atoms with Crippen molar-refractivity contribution in [1.29, 1.82) is 0 Å². The molecule has 1 unspecified atom stereocenters. The van der Waals surface area contributed by atoms with Crippen molar-refractivity contribution in [3.63, 3.8) is 0 Å². The lowest BCUT2D eigenvalue weighted by Crippen LogP contribution is -2.55. The summed E-state index contributed by atoms with van der Waals surface area (Å²) in [6, 6.07) is 5.09. The van der Waals surface area contributed by atoms with Crippen LogP contribution in [0.3, 0.4) is 0 Å². The van der Waals surface area contributed by atoms with E-state index in [4.69, 9.17) is 9.47 Å². The van der Waals surface area contributed by atoms with Crippen molar-refractivity contribution in [3.05, 3.63) is 35.4 Å². The fraction of sp³-hybridized carbons (Fsp3) is 0.556. The van der Waals surface area contributed by atoms with Crippen molar-refractivity contribution < 1.29 is 24.8 Å². The van der Waals surface area contributed by atoms with Crippen LogP contribution in [0.2, 0.25) is 0 Å². The molecule has 0 bridgehead atoms. The number of benzene rings is 1. The summed E-state index contributed by atoms with van der Waals surface area (Å²) in [5.41, 5.74) is 0.697. The molecule has 3 rings (SSSR count). The zero-order valence-corrected chi connectivity index (χ0v) is 13.7. The van der Waals surface area contributed by atoms with Gasteiger partial charge in [-0.1, -0.05) is 12.1 Å². The normalized spacial score (nSPS) is 37.0. The summed E-state index contributed by atoms with van der Waals surface area (Å²) >= 11 is 0. The first-order chi connectivity index (χ1) is 10.8. The Kier molecular flexibility index (Phi) is 4.12. The summed E-state index contributed by atoms with van der Waals surface area (Å²) in [5.74, 6) is 0.297. The molecule has 5 heteroatoms. The van der Waals surface area contributed by atoms with E-state index in [-0.39, 0.29) is 17.8 Å². The lowest BCUT2D eigenvalue weighted by atomic mass is 9.70. The molecule has 0 saturated carbocycles. The molecule has 1 aliphatic heterocycles. The number of methoxy groups -OCH3 is 1. The molecule has 1 saturated heterocycles. The molecule has 5 atom stereocenters. The van der Waals surface area contributed by atoms with Gasteiger partial charge < -0.3 is 24.8 Å². The molecule has 1 aliphatic carbocycles. The van der Waals surface area contributed by atoms with E-state index in [9.17, 15) is 15.3 Å². The van der Waals surface area contributed by atoms with E-state index in [1.54, 1.807) is 19.1 Å². The van der Waals surface area contributed by atoms with Crippen LogP contribution < -0.4 is 4.74 Å². The van der Waals surface area contributed by atoms with Gasteiger partial charge in [0.15, 0.2) is 11.5 Å². The molecule has 1 aromatic carbocycles. The maximum atomic E-state index is 10.9. The minimum Gasteiger partial charge on any atom is -0.504 e. The van der Waals surface area contributed by atoms with Gasteiger partial charge in [0.05, 0.1) is 24.9 Å². The Hall–Kier alpha value is -1.56. The molecular weight excluding hydrogens is 296 g/mol. The van der Waals surface area contributed by atoms with E-state index in [0.717, 1.165) is 11.1 Å². The molecular formula is C18H24O5. The number of aromatic hydroxyl groups is 1. The van der Waals surface area contributed by atoms with Gasteiger partial charge in [-0.3, -0.25) is 0 Å². The Labute approximate surface area is 136 Å². The van der Waals surface area contributed by atoms with Crippen LogP contribution in [0.25, 0.3) is 0 Å². The Morgan fingerprint density at radius 3 is 2.74 bits per heavy atom. The number of ether oxygens (including phenoxy) is 2. The number of phenolic OH excluding ortho intramolecular Hbond substituents is 1. The predicted octanol–water partition coefficient (Wildman–Crippen LogP) is 2.31. The number of aliphatic hydroxyl groups excluding tert-OH is 1. The molecule has 0 amide bonds. The summed E-state index contributed by atoms with van der Waals surface area (Å²) in [7, 11) is 1.49. The highest BCUT2D eigenvalue weighted by atomic mass is 16.5. The Morgan fingerprint density at radius 1 is 1.35 bits per heavy atom. The van der Waals surface area contributed by atoms with Gasteiger partial charge in [-0.15, -0.1) is 0 Å². The third kappa shape index (κ3) is 2.84. The van der Waals surface area contributed by atoms with Crippen molar-refractivity contribution in [1.82, 2.24) is 0 Å². The molecule has 0 spiro atoms. The van der Waals surface area contributed by atoms with E-state index in [1.807, 2.05) is 19.1 Å². The van der Waals surface area contributed by atoms with Crippen LogP contribution in [0, 0.1) is 5.92 Å². The number of hydrogen-bond acceptors (Lipinski definition) is 5. The van der Waals surface area contributed by atoms with E-state index in [1.165, 1.54) is 7.11 Å². The van der Waals surface area contributed by atoms with Crippen LogP contribution in [0.4, 0.5) is 0 Å². The first kappa shape index (κ1) is 16.3. The Morgan fingerprint density at radius 2 is 2.09 bits per heavy atom. The highest BCUT2D eigenvalue weighted by Crippen LogP contribution is 2.47. The van der Waals surface area contributed by atoms with Crippen LogP contribution in [0.15, 0.2) is 29.8 Å². The van der Waals surface area contributed by atoms with Crippen molar-refractivity contribution in [2.75, 3.05) is 7.11 Å². The molecule has 2 aliphatic rings. The van der Waals surface area contributed by atoms with Crippen molar-refractivity contribution in [2.24, 2.45) is 5.92 Å². The standard InChI is InChI=1S/C18H24O5/c1-10-4-6-12-17(16(10)20)23-15(9-18(12,2)21)11-5-7-14(22-3)13(19)8-11/h4-5,7-8,12,15-17,19-21H,6,9H2,1-3H3/t12-,15+,16-,17-,18?/m0/s1. The molecule has 1 heterocycles. The molecule has 3 N–H and O–H groups in total. The highest BCUT2D eigenvalue weighted by molar-refractivity contribution is 5.42. The predicted molar refractivity (Wildman–Crippen MR) is 85.4 cm³/mol. The summed E-state index contributed by atoms with van der Waals surface area (Å²) in [6.45, 7) is 3.67. The average molecular weight is 320 g/mol. The number of phenols is 1. The first-order valence-corrected chi connectivity index (χ1v) is 7.93. The molecule has 1 aromatic rings. The second kappa shape index (κ2) is 5.82. The van der Waals surface area contributed by atoms with Crippen LogP contribution in [0.5, 0.6) is 11.5 Å². The van der Waals surface area contributed by atoms with Gasteiger partial charge in [-0.25, -0.2) is 0 Å². The molecule has 0 radical (unpaired) electrons. The number of fused-ring (bicyclic) bond motifs is 1. The third-order valence-corrected chi connectivity index (χ3v) is 5.16. The van der Waals surface area contributed by atoms with E-state index in [2.05, 4.69) is 0 Å². The fourth-order valence-corrected chi connectivity index (χ4v) is 3.69. The smallest absolute Gasteiger partial charge is 0.160 e. The van der Waals surface area contributed by atoms with Crippen LogP contribution in [-0.4, -0.2) is 40.2 Å². The topological polar surface area (TPSA) is 79.2 Å². The summed E-state index contributed by atoms with van der Waals surface area (Å²) in [4.78, 5) is 0. The van der Waals surface area contributed by atoms with Gasteiger partial charge in [0.2, 0.25) is 0 Å². The lowest BCUT2D eigenvalue weighted by Gasteiger charge is -2.49. The van der Waals surface area contributed by atoms with Gasteiger partial charge in [0.25, 0.3) is 0 Å². The second-order valence-corrected chi connectivity index (χ2v) is 6.82. The van der Waals surface area contributed by atoms with E-state index < -0.39 is 17.8 Å². The fourth-order valence-electron chi connectivity index (χ4n) is 3.69. The highest BCUT2D eigenvalue weighted by Gasteiger charge is 2.49. The Bertz CT molecular complexity index is 622. The zero-order valence-electron chi connectivity index (χ0n) is 13.7. The number of aliphatic hydroxyl groups is 2. The zero-order chi connectivity index (χ0) is 16.8. The average Bonchev–Trinajstić information content (AvgIpc) is 2.50. The van der Waals surface area contributed by atoms with Crippen LogP contribution in [0.1, 0.15) is 38.4 Å². The molecule has 0 aromatic heterocycles. The van der Waals surface area contributed by atoms with Crippen molar-refractivity contribution in [2.45, 2.75) is 50.6 Å². The minimum atomic E-state index is -0.943. The molecule has 5 nitrogen and oxygen atoms in total. The van der Waals surface area contributed by atoms with Gasteiger partial charge in [-0.05, 0) is 43.5 Å². The van der Waals surface area contributed by atoms with Crippen LogP contribution in [-0.2, 0) is 4.74 Å². The van der Waals surface area contributed by atoms with Crippen molar-refractivity contribution >= 4 is 0 Å². The first-order valence-electron chi connectivity index (χ1n) is 7.93. The number of allylic oxidation sites excluding steroid dienone is 1. The Balaban J connectivity index is 1.91. The van der Waals surface area contributed by atoms with Gasteiger partial charge in [0.1, 0.15) is 6.10 Å². The van der Waals surface area contributed by atoms with E-state index in [0.29, 0.717) is 18.6 Å². The van der Waals surface area contributed by atoms with Gasteiger partial charge >= 0.3 is 0 Å². The molecule has 23 heavy (non-hydrogen) atoms. The summed E-state index contributed by atoms with van der Waals surface area (Å²) in [6.07, 6.45) is 1.54. The second-order valence-electron chi connectivity index (χ2n) is 6.82. The molecule has 1 fully saturated rings. The van der Waals surface area contributed by atoms with E-state index >= 15 is 0 Å². The molecule has 126 valence electrons. The van der Waals surface area contributed by atoms with Gasteiger partial charge in [0, 0.05) is 12.3 Å². The summed E-state index contributed by atoms with van der Waals surface area (Å²) < 4.78 is 11.2. The largest absolute Gasteiger partial charge is 0.504 e. The third-order valence-electron chi connectivity index (χ3n) is 5.16. The minimum absolute atomic E-state index is 0.0376. The lowest BCUT2D eigenvalue weighted by molar-refractivity contribution is -0.206. The SMILES string of the molecule is COc1ccc([C@H]2CC(C)(O)[C@H]3CC=C(C)[C@H](O)[C@H]3O2)cc1O. The monoisotopic (exact) mass is 320 g/mol. The number of hydrogen-bond donors (Lipinski definition) is 3. The van der Waals surface area contributed by atoms with Gasteiger partial charge in [-0.2, -0.15) is 0 Å². The maximum absolute atomic E-state index is 10.9. The number of rotatable bonds is 2. The van der Waals surface area contributed by atoms with Crippen LogP contribution >= 0.6 is 0 Å². The van der Waals surface area contributed by atoms with Crippen molar-refractivity contribution in [3.8, 4) is 11.5 Å². The maximum Gasteiger partial charge on any atom is 0.160 e. The summed E-state index contributed by atoms with van der Waals surface area (Å²) in [5, 5.41) is 31.3.